The van der Waals surface area contributed by atoms with E-state index in [0.717, 1.165) is 11.4 Å². The molecule has 2 nitrogen and oxygen atoms in total. The van der Waals surface area contributed by atoms with Crippen LogP contribution in [-0.4, -0.2) is 9.78 Å². The topological polar surface area (TPSA) is 17.8 Å². The van der Waals surface area contributed by atoms with E-state index in [-0.39, 0.29) is 12.4 Å². The third-order valence-corrected chi connectivity index (χ3v) is 2.01. The van der Waals surface area contributed by atoms with Gasteiger partial charge in [0.1, 0.15) is 0 Å². The summed E-state index contributed by atoms with van der Waals surface area (Å²) >= 11 is 0. The third-order valence-electron chi connectivity index (χ3n) is 2.01. The first-order valence-electron chi connectivity index (χ1n) is 4.36. The van der Waals surface area contributed by atoms with Gasteiger partial charge < -0.3 is 0 Å². The molecule has 0 unspecified atom stereocenters. The number of hydrogen-bond acceptors (Lipinski definition) is 1. The Labute approximate surface area is 90.0 Å². The zero-order valence-electron chi connectivity index (χ0n) is 8.27. The summed E-state index contributed by atoms with van der Waals surface area (Å²) in [5.74, 6) is 0. The number of para-hydroxylation sites is 1. The summed E-state index contributed by atoms with van der Waals surface area (Å²) in [7, 11) is 0. The van der Waals surface area contributed by atoms with Gasteiger partial charge in [0, 0.05) is 5.69 Å². The van der Waals surface area contributed by atoms with Crippen LogP contribution in [0, 0.1) is 13.8 Å². The molecule has 0 N–H and O–H groups in total. The summed E-state index contributed by atoms with van der Waals surface area (Å²) in [4.78, 5) is 0. The maximum Gasteiger partial charge on any atom is 0.0648 e. The van der Waals surface area contributed by atoms with Crippen LogP contribution >= 0.6 is 12.4 Å². The number of benzene rings is 1. The second kappa shape index (κ2) is 4.29. The van der Waals surface area contributed by atoms with Crippen molar-refractivity contribution < 1.29 is 0 Å². The first-order chi connectivity index (χ1) is 6.27. The molecule has 0 saturated carbocycles. The molecular formula is C11H13ClN2. The monoisotopic (exact) mass is 208 g/mol. The number of aryl methyl sites for hydroxylation is 2. The molecule has 0 radical (unpaired) electrons. The van der Waals surface area contributed by atoms with Crippen molar-refractivity contribution >= 4 is 12.4 Å². The van der Waals surface area contributed by atoms with E-state index in [0.29, 0.717) is 0 Å². The van der Waals surface area contributed by atoms with Crippen molar-refractivity contribution in [3.8, 4) is 5.69 Å². The van der Waals surface area contributed by atoms with Crippen LogP contribution in [0.4, 0.5) is 0 Å². The number of rotatable bonds is 1. The first kappa shape index (κ1) is 10.8. The van der Waals surface area contributed by atoms with Gasteiger partial charge in [0.25, 0.3) is 0 Å². The van der Waals surface area contributed by atoms with Crippen LogP contribution in [-0.2, 0) is 0 Å². The lowest BCUT2D eigenvalue weighted by molar-refractivity contribution is 0.833. The zero-order valence-corrected chi connectivity index (χ0v) is 9.08. The van der Waals surface area contributed by atoms with E-state index in [1.165, 1.54) is 5.69 Å². The highest BCUT2D eigenvalue weighted by Crippen LogP contribution is 2.10. The summed E-state index contributed by atoms with van der Waals surface area (Å²) in [6.45, 7) is 4.07. The average Bonchev–Trinajstić information content (AvgIpc) is 2.47. The molecule has 0 aliphatic carbocycles. The first-order valence-corrected chi connectivity index (χ1v) is 4.36. The van der Waals surface area contributed by atoms with E-state index in [1.807, 2.05) is 29.8 Å². The minimum atomic E-state index is 0. The van der Waals surface area contributed by atoms with Crippen LogP contribution in [0.5, 0.6) is 0 Å². The maximum atomic E-state index is 4.40. The van der Waals surface area contributed by atoms with Gasteiger partial charge in [-0.3, -0.25) is 0 Å². The summed E-state index contributed by atoms with van der Waals surface area (Å²) in [6, 6.07) is 12.2. The Bertz CT molecular complexity index is 406. The standard InChI is InChI=1S/C11H12N2.ClH/c1-9-8-10(2)13(12-9)11-6-4-3-5-7-11;/h3-8H,1-2H3;1H. The van der Waals surface area contributed by atoms with E-state index in [9.17, 15) is 0 Å². The molecule has 2 rings (SSSR count). The molecule has 0 saturated heterocycles. The Kier molecular flexibility index (Phi) is 3.31. The molecule has 1 aromatic heterocycles. The summed E-state index contributed by atoms with van der Waals surface area (Å²) < 4.78 is 1.95. The minimum absolute atomic E-state index is 0. The van der Waals surface area contributed by atoms with Gasteiger partial charge in [0.15, 0.2) is 0 Å². The van der Waals surface area contributed by atoms with Crippen molar-refractivity contribution in [2.45, 2.75) is 13.8 Å². The van der Waals surface area contributed by atoms with Crippen LogP contribution in [0.1, 0.15) is 11.4 Å². The summed E-state index contributed by atoms with van der Waals surface area (Å²) in [5.41, 5.74) is 3.35. The molecular weight excluding hydrogens is 196 g/mol. The largest absolute Gasteiger partial charge is 0.238 e. The number of nitrogens with zero attached hydrogens (tertiary/aromatic N) is 2. The van der Waals surface area contributed by atoms with Crippen molar-refractivity contribution in [2.24, 2.45) is 0 Å². The Hall–Kier alpha value is -1.28. The van der Waals surface area contributed by atoms with Crippen molar-refractivity contribution in [1.29, 1.82) is 0 Å². The Morgan fingerprint density at radius 3 is 2.21 bits per heavy atom. The third kappa shape index (κ3) is 1.96. The SMILES string of the molecule is Cc1cc(C)n(-c2ccccc2)n1.Cl. The summed E-state index contributed by atoms with van der Waals surface area (Å²) in [5, 5.41) is 4.40. The van der Waals surface area contributed by atoms with Gasteiger partial charge in [-0.15, -0.1) is 12.4 Å². The molecule has 0 aliphatic rings. The highest BCUT2D eigenvalue weighted by atomic mass is 35.5. The van der Waals surface area contributed by atoms with Gasteiger partial charge in [-0.1, -0.05) is 18.2 Å². The average molecular weight is 209 g/mol. The second-order valence-electron chi connectivity index (χ2n) is 3.17. The van der Waals surface area contributed by atoms with Crippen molar-refractivity contribution in [3.63, 3.8) is 0 Å². The van der Waals surface area contributed by atoms with Crippen molar-refractivity contribution in [1.82, 2.24) is 9.78 Å². The molecule has 74 valence electrons. The van der Waals surface area contributed by atoms with E-state index < -0.39 is 0 Å². The molecule has 0 atom stereocenters. The fourth-order valence-corrected chi connectivity index (χ4v) is 1.46. The molecule has 0 bridgehead atoms. The molecule has 0 amide bonds. The molecule has 1 aromatic carbocycles. The molecule has 3 heteroatoms. The fraction of sp³-hybridized carbons (Fsp3) is 0.182. The highest BCUT2D eigenvalue weighted by Gasteiger charge is 2.01. The number of hydrogen-bond donors (Lipinski definition) is 0. The summed E-state index contributed by atoms with van der Waals surface area (Å²) in [6.07, 6.45) is 0. The fourth-order valence-electron chi connectivity index (χ4n) is 1.46. The Balaban J connectivity index is 0.000000980. The predicted octanol–water partition coefficient (Wildman–Crippen LogP) is 2.91. The Morgan fingerprint density at radius 1 is 1.07 bits per heavy atom. The molecule has 14 heavy (non-hydrogen) atoms. The van der Waals surface area contributed by atoms with E-state index in [2.05, 4.69) is 30.2 Å². The van der Waals surface area contributed by atoms with Crippen LogP contribution in [0.2, 0.25) is 0 Å². The molecule has 0 aliphatic heterocycles. The molecule has 2 aromatic rings. The normalized spacial score (nSPS) is 9.57. The van der Waals surface area contributed by atoms with Crippen LogP contribution in [0.25, 0.3) is 5.69 Å². The van der Waals surface area contributed by atoms with E-state index in [1.54, 1.807) is 0 Å². The van der Waals surface area contributed by atoms with Gasteiger partial charge in [-0.25, -0.2) is 4.68 Å². The van der Waals surface area contributed by atoms with Crippen LogP contribution < -0.4 is 0 Å². The minimum Gasteiger partial charge on any atom is -0.238 e. The lowest BCUT2D eigenvalue weighted by atomic mass is 10.3. The van der Waals surface area contributed by atoms with Gasteiger partial charge in [-0.2, -0.15) is 5.10 Å². The van der Waals surface area contributed by atoms with Gasteiger partial charge in [0.05, 0.1) is 11.4 Å². The second-order valence-corrected chi connectivity index (χ2v) is 3.17. The van der Waals surface area contributed by atoms with Gasteiger partial charge in [0.2, 0.25) is 0 Å². The van der Waals surface area contributed by atoms with Crippen LogP contribution in [0.3, 0.4) is 0 Å². The number of aromatic nitrogens is 2. The zero-order chi connectivity index (χ0) is 9.26. The van der Waals surface area contributed by atoms with E-state index in [4.69, 9.17) is 0 Å². The van der Waals surface area contributed by atoms with Crippen molar-refractivity contribution in [3.05, 3.63) is 47.8 Å². The number of halogens is 1. The molecule has 0 spiro atoms. The van der Waals surface area contributed by atoms with Gasteiger partial charge in [-0.05, 0) is 32.0 Å². The van der Waals surface area contributed by atoms with Crippen LogP contribution in [0.15, 0.2) is 36.4 Å². The van der Waals surface area contributed by atoms with Gasteiger partial charge >= 0.3 is 0 Å². The lowest BCUT2D eigenvalue weighted by Gasteiger charge is -2.02. The predicted molar refractivity (Wildman–Crippen MR) is 60.3 cm³/mol. The Morgan fingerprint density at radius 2 is 1.71 bits per heavy atom. The maximum absolute atomic E-state index is 4.40. The lowest BCUT2D eigenvalue weighted by Crippen LogP contribution is -1.97. The highest BCUT2D eigenvalue weighted by molar-refractivity contribution is 5.85. The molecule has 0 fully saturated rings. The van der Waals surface area contributed by atoms with E-state index >= 15 is 0 Å². The smallest absolute Gasteiger partial charge is 0.0648 e. The van der Waals surface area contributed by atoms with Crippen molar-refractivity contribution in [2.75, 3.05) is 0 Å². The quantitative estimate of drug-likeness (QED) is 0.705. The molecule has 1 heterocycles.